The van der Waals surface area contributed by atoms with Crippen LogP contribution in [0, 0.1) is 5.92 Å². The number of β-amino-alcohol motifs (C(OH)–C–C–N with tert-alkyl or cyclic N) is 1. The quantitative estimate of drug-likeness (QED) is 0.766. The summed E-state index contributed by atoms with van der Waals surface area (Å²) < 4.78 is 5.09. The van der Waals surface area contributed by atoms with Crippen LogP contribution in [0.5, 0.6) is 0 Å². The van der Waals surface area contributed by atoms with Crippen LogP contribution in [0.15, 0.2) is 0 Å². The van der Waals surface area contributed by atoms with Crippen molar-refractivity contribution in [1.29, 1.82) is 0 Å². The Kier molecular flexibility index (Phi) is 4.33. The van der Waals surface area contributed by atoms with E-state index in [1.165, 1.54) is 0 Å². The molecule has 1 heterocycles. The van der Waals surface area contributed by atoms with Crippen LogP contribution in [-0.2, 0) is 9.53 Å². The maximum absolute atomic E-state index is 11.7. The molecule has 1 amide bonds. The van der Waals surface area contributed by atoms with Crippen molar-refractivity contribution in [1.82, 2.24) is 4.90 Å². The molecule has 94 valence electrons. The van der Waals surface area contributed by atoms with Gasteiger partial charge in [-0.2, -0.15) is 0 Å². The lowest BCUT2D eigenvalue weighted by Gasteiger charge is -2.49. The molecular formula is C12H23NO3. The lowest BCUT2D eigenvalue weighted by molar-refractivity contribution is -0.164. The average molecular weight is 229 g/mol. The number of amides is 1. The third kappa shape index (κ3) is 2.95. The third-order valence-corrected chi connectivity index (χ3v) is 3.52. The van der Waals surface area contributed by atoms with Gasteiger partial charge in [-0.15, -0.1) is 0 Å². The van der Waals surface area contributed by atoms with Crippen molar-refractivity contribution in [2.75, 3.05) is 20.2 Å². The molecular weight excluding hydrogens is 206 g/mol. The van der Waals surface area contributed by atoms with Gasteiger partial charge in [0.05, 0.1) is 19.2 Å². The van der Waals surface area contributed by atoms with Crippen LogP contribution in [-0.4, -0.2) is 47.8 Å². The van der Waals surface area contributed by atoms with Crippen LogP contribution < -0.4 is 0 Å². The van der Waals surface area contributed by atoms with E-state index in [1.807, 2.05) is 20.8 Å². The number of carbonyl (C=O) groups is 1. The Balaban J connectivity index is 2.27. The number of likely N-dealkylation sites (tertiary alicyclic amines) is 1. The summed E-state index contributed by atoms with van der Waals surface area (Å²) >= 11 is 0. The highest BCUT2D eigenvalue weighted by atomic mass is 16.5. The van der Waals surface area contributed by atoms with Crippen LogP contribution in [0.3, 0.4) is 0 Å². The molecule has 0 saturated carbocycles. The van der Waals surface area contributed by atoms with Crippen LogP contribution >= 0.6 is 0 Å². The first-order chi connectivity index (χ1) is 7.39. The molecule has 1 fully saturated rings. The van der Waals surface area contributed by atoms with Gasteiger partial charge in [0.25, 0.3) is 0 Å². The van der Waals surface area contributed by atoms with E-state index in [9.17, 15) is 9.90 Å². The number of carbonyl (C=O) groups excluding carboxylic acids is 1. The first-order valence-corrected chi connectivity index (χ1v) is 5.92. The van der Waals surface area contributed by atoms with Gasteiger partial charge in [0.2, 0.25) is 5.91 Å². The van der Waals surface area contributed by atoms with Gasteiger partial charge in [0, 0.05) is 13.5 Å². The summed E-state index contributed by atoms with van der Waals surface area (Å²) in [6.45, 7) is 6.87. The van der Waals surface area contributed by atoms with Crippen molar-refractivity contribution >= 4 is 5.91 Å². The standard InChI is InChI=1S/C12H23NO3/c1-9(2)12(15)7-13(8-12)11(14)6-5-10(3)16-4/h9-10,15H,5-8H2,1-4H3. The van der Waals surface area contributed by atoms with Crippen LogP contribution in [0.1, 0.15) is 33.6 Å². The van der Waals surface area contributed by atoms with Gasteiger partial charge >= 0.3 is 0 Å². The lowest BCUT2D eigenvalue weighted by atomic mass is 9.83. The monoisotopic (exact) mass is 229 g/mol. The molecule has 1 N–H and O–H groups in total. The van der Waals surface area contributed by atoms with E-state index in [2.05, 4.69) is 0 Å². The van der Waals surface area contributed by atoms with Gasteiger partial charge in [-0.25, -0.2) is 0 Å². The second-order valence-electron chi connectivity index (χ2n) is 5.09. The number of hydrogen-bond donors (Lipinski definition) is 1. The van der Waals surface area contributed by atoms with Crippen molar-refractivity contribution in [2.24, 2.45) is 5.92 Å². The summed E-state index contributed by atoms with van der Waals surface area (Å²) in [4.78, 5) is 13.4. The maximum atomic E-state index is 11.7. The molecule has 0 radical (unpaired) electrons. The summed E-state index contributed by atoms with van der Waals surface area (Å²) in [5.41, 5.74) is -0.664. The Morgan fingerprint density at radius 2 is 2.00 bits per heavy atom. The van der Waals surface area contributed by atoms with Gasteiger partial charge < -0.3 is 14.7 Å². The molecule has 4 heteroatoms. The summed E-state index contributed by atoms with van der Waals surface area (Å²) in [6.07, 6.45) is 1.36. The molecule has 0 aromatic rings. The minimum atomic E-state index is -0.664. The molecule has 16 heavy (non-hydrogen) atoms. The number of rotatable bonds is 5. The number of nitrogens with zero attached hydrogens (tertiary/aromatic N) is 1. The molecule has 1 aliphatic rings. The van der Waals surface area contributed by atoms with Gasteiger partial charge in [-0.1, -0.05) is 13.8 Å². The Labute approximate surface area is 97.6 Å². The highest BCUT2D eigenvalue weighted by Gasteiger charge is 2.45. The fourth-order valence-corrected chi connectivity index (χ4v) is 1.76. The summed E-state index contributed by atoms with van der Waals surface area (Å²) in [7, 11) is 1.65. The smallest absolute Gasteiger partial charge is 0.222 e. The van der Waals surface area contributed by atoms with Crippen molar-refractivity contribution in [3.05, 3.63) is 0 Å². The van der Waals surface area contributed by atoms with Crippen molar-refractivity contribution in [3.63, 3.8) is 0 Å². The zero-order chi connectivity index (χ0) is 12.3. The first kappa shape index (κ1) is 13.5. The van der Waals surface area contributed by atoms with Gasteiger partial charge in [0.1, 0.15) is 5.60 Å². The molecule has 0 bridgehead atoms. The SMILES string of the molecule is COC(C)CCC(=O)N1CC(O)(C(C)C)C1. The fourth-order valence-electron chi connectivity index (χ4n) is 1.76. The Bertz CT molecular complexity index is 247. The zero-order valence-electron chi connectivity index (χ0n) is 10.7. The number of methoxy groups -OCH3 is 1. The minimum Gasteiger partial charge on any atom is -0.386 e. The van der Waals surface area contributed by atoms with Crippen molar-refractivity contribution < 1.29 is 14.6 Å². The molecule has 1 saturated heterocycles. The van der Waals surface area contributed by atoms with E-state index in [4.69, 9.17) is 4.74 Å². The zero-order valence-corrected chi connectivity index (χ0v) is 10.7. The molecule has 4 nitrogen and oxygen atoms in total. The topological polar surface area (TPSA) is 49.8 Å². The predicted octanol–water partition coefficient (Wildman–Crippen LogP) is 1.03. The van der Waals surface area contributed by atoms with E-state index in [-0.39, 0.29) is 17.9 Å². The predicted molar refractivity (Wildman–Crippen MR) is 62.1 cm³/mol. The van der Waals surface area contributed by atoms with Crippen molar-refractivity contribution in [3.8, 4) is 0 Å². The number of ether oxygens (including phenoxy) is 1. The maximum Gasteiger partial charge on any atom is 0.222 e. The van der Waals surface area contributed by atoms with E-state index in [1.54, 1.807) is 12.0 Å². The minimum absolute atomic E-state index is 0.120. The van der Waals surface area contributed by atoms with E-state index in [0.29, 0.717) is 19.5 Å². The Morgan fingerprint density at radius 1 is 1.44 bits per heavy atom. The lowest BCUT2D eigenvalue weighted by Crippen LogP contribution is -2.65. The van der Waals surface area contributed by atoms with Crippen LogP contribution in [0.2, 0.25) is 0 Å². The summed E-state index contributed by atoms with van der Waals surface area (Å²) in [5.74, 6) is 0.323. The molecule has 1 atom stereocenters. The second kappa shape index (κ2) is 5.15. The second-order valence-corrected chi connectivity index (χ2v) is 5.09. The molecule has 1 rings (SSSR count). The third-order valence-electron chi connectivity index (χ3n) is 3.52. The average Bonchev–Trinajstić information content (AvgIpc) is 2.20. The van der Waals surface area contributed by atoms with Gasteiger partial charge in [0.15, 0.2) is 0 Å². The van der Waals surface area contributed by atoms with Crippen molar-refractivity contribution in [2.45, 2.75) is 45.3 Å². The highest BCUT2D eigenvalue weighted by molar-refractivity contribution is 5.77. The molecule has 0 aromatic carbocycles. The van der Waals surface area contributed by atoms with E-state index < -0.39 is 5.60 Å². The highest BCUT2D eigenvalue weighted by Crippen LogP contribution is 2.29. The normalized spacial score (nSPS) is 20.8. The molecule has 0 aromatic heterocycles. The molecule has 1 unspecified atom stereocenters. The molecule has 0 spiro atoms. The Hall–Kier alpha value is -0.610. The van der Waals surface area contributed by atoms with E-state index in [0.717, 1.165) is 6.42 Å². The summed E-state index contributed by atoms with van der Waals surface area (Å²) in [6, 6.07) is 0. The fraction of sp³-hybridized carbons (Fsp3) is 0.917. The van der Waals surface area contributed by atoms with Gasteiger partial charge in [-0.3, -0.25) is 4.79 Å². The number of hydrogen-bond acceptors (Lipinski definition) is 3. The first-order valence-electron chi connectivity index (χ1n) is 5.92. The van der Waals surface area contributed by atoms with Crippen LogP contribution in [0.25, 0.3) is 0 Å². The van der Waals surface area contributed by atoms with Gasteiger partial charge in [-0.05, 0) is 19.3 Å². The molecule has 0 aliphatic carbocycles. The Morgan fingerprint density at radius 3 is 2.44 bits per heavy atom. The summed E-state index contributed by atoms with van der Waals surface area (Å²) in [5, 5.41) is 10.0. The van der Waals surface area contributed by atoms with Crippen LogP contribution in [0.4, 0.5) is 0 Å². The largest absolute Gasteiger partial charge is 0.386 e. The van der Waals surface area contributed by atoms with E-state index >= 15 is 0 Å². The number of aliphatic hydroxyl groups is 1. The molecule has 1 aliphatic heterocycles.